The minimum absolute atomic E-state index is 0.297. The largest absolute Gasteiger partial charge is 0.508 e. The van der Waals surface area contributed by atoms with Crippen molar-refractivity contribution in [1.82, 2.24) is 15.0 Å². The first-order chi connectivity index (χ1) is 8.33. The van der Waals surface area contributed by atoms with Crippen molar-refractivity contribution in [2.24, 2.45) is 0 Å². The monoisotopic (exact) mass is 225 g/mol. The number of hydrogen-bond donors (Lipinski definition) is 2. The molecule has 84 valence electrons. The van der Waals surface area contributed by atoms with Gasteiger partial charge in [0, 0.05) is 18.2 Å². The smallest absolute Gasteiger partial charge is 0.119 e. The highest BCUT2D eigenvalue weighted by Crippen LogP contribution is 2.19. The van der Waals surface area contributed by atoms with Gasteiger partial charge in [-0.15, -0.1) is 0 Å². The van der Waals surface area contributed by atoms with Gasteiger partial charge in [-0.05, 0) is 12.1 Å². The Bertz CT molecular complexity index is 627. The van der Waals surface area contributed by atoms with E-state index in [0.717, 1.165) is 22.4 Å². The number of aromatic nitrogens is 3. The fourth-order valence-corrected chi connectivity index (χ4v) is 1.83. The molecule has 4 heteroatoms. The van der Waals surface area contributed by atoms with Gasteiger partial charge >= 0.3 is 0 Å². The first-order valence-corrected chi connectivity index (χ1v) is 5.38. The van der Waals surface area contributed by atoms with Gasteiger partial charge in [0.15, 0.2) is 0 Å². The maximum absolute atomic E-state index is 9.69. The van der Waals surface area contributed by atoms with Crippen molar-refractivity contribution in [3.63, 3.8) is 0 Å². The number of aromatic hydroxyl groups is 1. The molecule has 4 nitrogen and oxygen atoms in total. The van der Waals surface area contributed by atoms with E-state index in [4.69, 9.17) is 0 Å². The van der Waals surface area contributed by atoms with E-state index in [9.17, 15) is 5.11 Å². The van der Waals surface area contributed by atoms with Crippen LogP contribution in [0.1, 0.15) is 11.4 Å². The molecule has 0 unspecified atom stereocenters. The van der Waals surface area contributed by atoms with E-state index in [-0.39, 0.29) is 0 Å². The Hall–Kier alpha value is -2.36. The number of imidazole rings is 1. The van der Waals surface area contributed by atoms with Gasteiger partial charge in [0.05, 0.1) is 17.2 Å². The highest BCUT2D eigenvalue weighted by Gasteiger charge is 2.06. The van der Waals surface area contributed by atoms with Crippen LogP contribution in [-0.2, 0) is 6.42 Å². The van der Waals surface area contributed by atoms with Gasteiger partial charge < -0.3 is 10.1 Å². The Kier molecular flexibility index (Phi) is 2.26. The molecule has 0 saturated carbocycles. The summed E-state index contributed by atoms with van der Waals surface area (Å²) in [6, 6.07) is 9.14. The van der Waals surface area contributed by atoms with Crippen molar-refractivity contribution in [3.8, 4) is 5.75 Å². The van der Waals surface area contributed by atoms with E-state index in [0.29, 0.717) is 12.2 Å². The van der Waals surface area contributed by atoms with Crippen LogP contribution < -0.4 is 0 Å². The van der Waals surface area contributed by atoms with Crippen LogP contribution in [0, 0.1) is 0 Å². The van der Waals surface area contributed by atoms with Crippen molar-refractivity contribution in [1.29, 1.82) is 0 Å². The highest BCUT2D eigenvalue weighted by molar-refractivity contribution is 5.73. The molecule has 17 heavy (non-hydrogen) atoms. The molecule has 2 N–H and O–H groups in total. The third-order valence-corrected chi connectivity index (χ3v) is 2.68. The van der Waals surface area contributed by atoms with E-state index in [1.165, 1.54) is 0 Å². The fraction of sp³-hybridized carbons (Fsp3) is 0.0769. The number of hydrogen-bond acceptors (Lipinski definition) is 3. The molecule has 3 aromatic rings. The first-order valence-electron chi connectivity index (χ1n) is 5.38. The Labute approximate surface area is 98.0 Å². The summed E-state index contributed by atoms with van der Waals surface area (Å²) >= 11 is 0. The number of rotatable bonds is 2. The summed E-state index contributed by atoms with van der Waals surface area (Å²) in [6.07, 6.45) is 4.05. The molecule has 0 atom stereocenters. The number of phenols is 1. The van der Waals surface area contributed by atoms with Crippen LogP contribution in [-0.4, -0.2) is 20.1 Å². The standard InChI is InChI=1S/C13H11N3O/c17-12-4-2-1-3-9(12)7-13-15-10-5-6-14-8-11(10)16-13/h1-6,8,17H,7H2,(H,15,16). The lowest BCUT2D eigenvalue weighted by molar-refractivity contribution is 0.469. The Morgan fingerprint density at radius 2 is 2.06 bits per heavy atom. The zero-order chi connectivity index (χ0) is 11.7. The van der Waals surface area contributed by atoms with Crippen molar-refractivity contribution < 1.29 is 5.11 Å². The minimum atomic E-state index is 0.297. The quantitative estimate of drug-likeness (QED) is 0.703. The first kappa shape index (κ1) is 9.84. The molecule has 0 aliphatic rings. The van der Waals surface area contributed by atoms with Gasteiger partial charge in [0.25, 0.3) is 0 Å². The average molecular weight is 225 g/mol. The molecule has 0 spiro atoms. The van der Waals surface area contributed by atoms with E-state index < -0.39 is 0 Å². The topological polar surface area (TPSA) is 61.8 Å². The van der Waals surface area contributed by atoms with E-state index in [1.807, 2.05) is 18.2 Å². The van der Waals surface area contributed by atoms with Gasteiger partial charge in [-0.3, -0.25) is 4.98 Å². The van der Waals surface area contributed by atoms with Crippen molar-refractivity contribution >= 4 is 11.0 Å². The predicted octanol–water partition coefficient (Wildman–Crippen LogP) is 2.25. The summed E-state index contributed by atoms with van der Waals surface area (Å²) < 4.78 is 0. The van der Waals surface area contributed by atoms with Crippen LogP contribution in [0.4, 0.5) is 0 Å². The van der Waals surface area contributed by atoms with Gasteiger partial charge in [0.1, 0.15) is 11.6 Å². The van der Waals surface area contributed by atoms with Gasteiger partial charge in [-0.2, -0.15) is 0 Å². The molecule has 2 aromatic heterocycles. The lowest BCUT2D eigenvalue weighted by atomic mass is 10.1. The van der Waals surface area contributed by atoms with Gasteiger partial charge in [-0.25, -0.2) is 4.98 Å². The molecule has 3 rings (SSSR count). The average Bonchev–Trinajstić information content (AvgIpc) is 2.74. The molecule has 0 radical (unpaired) electrons. The van der Waals surface area contributed by atoms with Crippen molar-refractivity contribution in [3.05, 3.63) is 54.1 Å². The number of H-pyrrole nitrogens is 1. The van der Waals surface area contributed by atoms with Crippen LogP contribution in [0.3, 0.4) is 0 Å². The number of aromatic amines is 1. The summed E-state index contributed by atoms with van der Waals surface area (Å²) in [5, 5.41) is 9.69. The number of benzene rings is 1. The molecular weight excluding hydrogens is 214 g/mol. The number of pyridine rings is 1. The van der Waals surface area contributed by atoms with Crippen molar-refractivity contribution in [2.45, 2.75) is 6.42 Å². The summed E-state index contributed by atoms with van der Waals surface area (Å²) in [7, 11) is 0. The molecule has 0 bridgehead atoms. The summed E-state index contributed by atoms with van der Waals surface area (Å²) in [5.41, 5.74) is 2.67. The van der Waals surface area contributed by atoms with Crippen LogP contribution in [0.2, 0.25) is 0 Å². The molecule has 0 saturated heterocycles. The highest BCUT2D eigenvalue weighted by atomic mass is 16.3. The Morgan fingerprint density at radius 1 is 1.18 bits per heavy atom. The zero-order valence-corrected chi connectivity index (χ0v) is 9.09. The lowest BCUT2D eigenvalue weighted by Gasteiger charge is -2.00. The molecule has 0 aliphatic heterocycles. The maximum Gasteiger partial charge on any atom is 0.119 e. The van der Waals surface area contributed by atoms with Crippen molar-refractivity contribution in [2.75, 3.05) is 0 Å². The fourth-order valence-electron chi connectivity index (χ4n) is 1.83. The second-order valence-corrected chi connectivity index (χ2v) is 3.88. The number of fused-ring (bicyclic) bond motifs is 1. The third kappa shape index (κ3) is 1.85. The molecule has 1 aromatic carbocycles. The zero-order valence-electron chi connectivity index (χ0n) is 9.09. The lowest BCUT2D eigenvalue weighted by Crippen LogP contribution is -1.90. The van der Waals surface area contributed by atoms with Crippen LogP contribution in [0.5, 0.6) is 5.75 Å². The van der Waals surface area contributed by atoms with Gasteiger partial charge in [-0.1, -0.05) is 18.2 Å². The van der Waals surface area contributed by atoms with Crippen LogP contribution in [0.15, 0.2) is 42.7 Å². The summed E-state index contributed by atoms with van der Waals surface area (Å²) in [5.74, 6) is 1.13. The second kappa shape index (κ2) is 3.90. The third-order valence-electron chi connectivity index (χ3n) is 2.68. The summed E-state index contributed by atoms with van der Waals surface area (Å²) in [6.45, 7) is 0. The predicted molar refractivity (Wildman–Crippen MR) is 64.8 cm³/mol. The summed E-state index contributed by atoms with van der Waals surface area (Å²) in [4.78, 5) is 11.7. The number of nitrogens with one attached hydrogen (secondary N) is 1. The SMILES string of the molecule is Oc1ccccc1Cc1nc2ccncc2[nH]1. The molecule has 2 heterocycles. The Morgan fingerprint density at radius 3 is 2.88 bits per heavy atom. The normalized spacial score (nSPS) is 10.8. The second-order valence-electron chi connectivity index (χ2n) is 3.88. The molecular formula is C13H11N3O. The maximum atomic E-state index is 9.69. The van der Waals surface area contributed by atoms with Crippen LogP contribution >= 0.6 is 0 Å². The van der Waals surface area contributed by atoms with E-state index >= 15 is 0 Å². The van der Waals surface area contributed by atoms with Crippen LogP contribution in [0.25, 0.3) is 11.0 Å². The molecule has 0 aliphatic carbocycles. The Balaban J connectivity index is 1.98. The number of phenolic OH excluding ortho intramolecular Hbond substituents is 1. The minimum Gasteiger partial charge on any atom is -0.508 e. The number of nitrogens with zero attached hydrogens (tertiary/aromatic N) is 2. The van der Waals surface area contributed by atoms with Gasteiger partial charge in [0.2, 0.25) is 0 Å². The number of para-hydroxylation sites is 1. The molecule has 0 fully saturated rings. The van der Waals surface area contributed by atoms with E-state index in [1.54, 1.807) is 24.5 Å². The van der Waals surface area contributed by atoms with E-state index in [2.05, 4.69) is 15.0 Å². The molecule has 0 amide bonds.